The monoisotopic (exact) mass is 387 g/mol. The third-order valence-electron chi connectivity index (χ3n) is 5.68. The van der Waals surface area contributed by atoms with Gasteiger partial charge in [-0.2, -0.15) is 0 Å². The number of halogens is 1. The normalized spacial score (nSPS) is 29.2. The number of hydrogen-bond donors (Lipinski definition) is 0. The van der Waals surface area contributed by atoms with E-state index in [1.807, 2.05) is 13.0 Å². The zero-order valence-electron chi connectivity index (χ0n) is 14.6. The summed E-state index contributed by atoms with van der Waals surface area (Å²) in [7, 11) is -4.26. The van der Waals surface area contributed by atoms with Crippen LogP contribution in [0.4, 0.5) is 10.1 Å². The highest BCUT2D eigenvalue weighted by Crippen LogP contribution is 2.61. The van der Waals surface area contributed by atoms with Crippen molar-refractivity contribution in [3.63, 3.8) is 0 Å². The van der Waals surface area contributed by atoms with Gasteiger partial charge in [-0.05, 0) is 37.0 Å². The molecule has 2 aromatic carbocycles. The number of benzene rings is 2. The summed E-state index contributed by atoms with van der Waals surface area (Å²) in [6.07, 6.45) is 3.93. The van der Waals surface area contributed by atoms with Crippen LogP contribution in [0.1, 0.15) is 23.5 Å². The molecular weight excluding hydrogens is 369 g/mol. The van der Waals surface area contributed by atoms with Gasteiger partial charge < -0.3 is 0 Å². The van der Waals surface area contributed by atoms with Crippen molar-refractivity contribution in [3.05, 3.63) is 81.9 Å². The fourth-order valence-corrected chi connectivity index (χ4v) is 6.41. The molecule has 1 saturated carbocycles. The van der Waals surface area contributed by atoms with E-state index in [0.717, 1.165) is 5.56 Å². The second-order valence-electron chi connectivity index (χ2n) is 7.23. The number of nitro groups is 1. The molecule has 4 atom stereocenters. The summed E-state index contributed by atoms with van der Waals surface area (Å²) in [6.45, 7) is 1.83. The molecule has 1 fully saturated rings. The van der Waals surface area contributed by atoms with Gasteiger partial charge in [0.25, 0.3) is 5.69 Å². The minimum absolute atomic E-state index is 0.0385. The number of rotatable bonds is 4. The Bertz CT molecular complexity index is 1030. The molecule has 0 heterocycles. The summed E-state index contributed by atoms with van der Waals surface area (Å²) < 4.78 is 43.0. The molecule has 0 aromatic heterocycles. The molecule has 0 spiro atoms. The van der Waals surface area contributed by atoms with Crippen LogP contribution in [0.3, 0.4) is 0 Å². The van der Waals surface area contributed by atoms with Crippen molar-refractivity contribution in [1.29, 1.82) is 0 Å². The number of hydrogen-bond acceptors (Lipinski definition) is 4. The minimum Gasteiger partial charge on any atom is -0.258 e. The third-order valence-corrected chi connectivity index (χ3v) is 7.95. The van der Waals surface area contributed by atoms with Gasteiger partial charge in [0.05, 0.1) is 9.82 Å². The van der Waals surface area contributed by atoms with Crippen LogP contribution in [-0.2, 0) is 9.84 Å². The van der Waals surface area contributed by atoms with Gasteiger partial charge in [0, 0.05) is 24.0 Å². The van der Waals surface area contributed by atoms with Gasteiger partial charge in [-0.15, -0.1) is 0 Å². The molecule has 4 rings (SSSR count). The highest BCUT2D eigenvalue weighted by atomic mass is 32.2. The number of nitro benzene ring substituents is 1. The zero-order chi connectivity index (χ0) is 19.4. The molecule has 2 aliphatic carbocycles. The molecule has 0 unspecified atom stereocenters. The third kappa shape index (κ3) is 2.52. The van der Waals surface area contributed by atoms with Crippen molar-refractivity contribution in [2.24, 2.45) is 11.8 Å². The topological polar surface area (TPSA) is 77.3 Å². The Kier molecular flexibility index (Phi) is 3.96. The summed E-state index contributed by atoms with van der Waals surface area (Å²) >= 11 is 0. The Morgan fingerprint density at radius 1 is 1.07 bits per heavy atom. The van der Waals surface area contributed by atoms with Gasteiger partial charge in [-0.3, -0.25) is 10.1 Å². The van der Waals surface area contributed by atoms with Crippen molar-refractivity contribution in [1.82, 2.24) is 0 Å². The summed E-state index contributed by atoms with van der Waals surface area (Å²) in [4.78, 5) is 10.3. The first-order valence-electron chi connectivity index (χ1n) is 8.68. The quantitative estimate of drug-likeness (QED) is 0.444. The van der Waals surface area contributed by atoms with Crippen LogP contribution in [-0.4, -0.2) is 18.3 Å². The van der Waals surface area contributed by atoms with Gasteiger partial charge in [-0.1, -0.05) is 42.0 Å². The molecule has 0 saturated heterocycles. The minimum atomic E-state index is -4.26. The average molecular weight is 387 g/mol. The molecule has 2 bridgehead atoms. The summed E-state index contributed by atoms with van der Waals surface area (Å²) in [5.41, 5.74) is 1.25. The lowest BCUT2D eigenvalue weighted by Gasteiger charge is -2.34. The molecule has 0 amide bonds. The molecule has 2 aliphatic rings. The molecule has 0 radical (unpaired) electrons. The second-order valence-corrected chi connectivity index (χ2v) is 9.34. The molecule has 27 heavy (non-hydrogen) atoms. The predicted molar refractivity (Wildman–Crippen MR) is 98.8 cm³/mol. The number of allylic oxidation sites excluding steroid dienone is 2. The van der Waals surface area contributed by atoms with Crippen LogP contribution in [0, 0.1) is 28.9 Å². The standard InChI is InChI=1S/C20H18FNO4S/c1-13-2-10-18(11-3-13)27(25,26)20(21)16-7-4-15(12-16)19(20)14-5-8-17(9-6-14)22(23)24/h2-11,15-16,19H,12H2,1H3/t15-,16+,19+,20+/m0/s1. The number of aryl methyl sites for hydroxylation is 1. The van der Waals surface area contributed by atoms with Crippen molar-refractivity contribution in [3.8, 4) is 0 Å². The van der Waals surface area contributed by atoms with E-state index in [2.05, 4.69) is 0 Å². The molecule has 7 heteroatoms. The van der Waals surface area contributed by atoms with Crippen LogP contribution >= 0.6 is 0 Å². The maximum Gasteiger partial charge on any atom is 0.269 e. The number of fused-ring (bicyclic) bond motifs is 2. The fraction of sp³-hybridized carbons (Fsp3) is 0.300. The highest BCUT2D eigenvalue weighted by molar-refractivity contribution is 7.92. The summed E-state index contributed by atoms with van der Waals surface area (Å²) in [5, 5.41) is 8.41. The second kappa shape index (κ2) is 5.99. The zero-order valence-corrected chi connectivity index (χ0v) is 15.4. The van der Waals surface area contributed by atoms with Crippen molar-refractivity contribution < 1.29 is 17.7 Å². The highest BCUT2D eigenvalue weighted by Gasteiger charge is 2.65. The van der Waals surface area contributed by atoms with Crippen LogP contribution in [0.25, 0.3) is 0 Å². The van der Waals surface area contributed by atoms with Crippen LogP contribution in [0.2, 0.25) is 0 Å². The van der Waals surface area contributed by atoms with Gasteiger partial charge in [0.15, 0.2) is 0 Å². The first kappa shape index (κ1) is 17.9. The summed E-state index contributed by atoms with van der Waals surface area (Å²) in [5.74, 6) is -1.87. The molecule has 0 aliphatic heterocycles. The van der Waals surface area contributed by atoms with E-state index >= 15 is 4.39 Å². The maximum absolute atomic E-state index is 16.4. The van der Waals surface area contributed by atoms with Crippen LogP contribution in [0.5, 0.6) is 0 Å². The van der Waals surface area contributed by atoms with E-state index in [-0.39, 0.29) is 16.5 Å². The Balaban J connectivity index is 1.82. The fourth-order valence-electron chi connectivity index (χ4n) is 4.33. The number of non-ortho nitro benzene ring substituents is 1. The van der Waals surface area contributed by atoms with E-state index < -0.39 is 31.6 Å². The van der Waals surface area contributed by atoms with E-state index in [4.69, 9.17) is 0 Å². The lowest BCUT2D eigenvalue weighted by molar-refractivity contribution is -0.384. The van der Waals surface area contributed by atoms with Gasteiger partial charge in [-0.25, -0.2) is 12.8 Å². The number of alkyl halides is 1. The molecule has 140 valence electrons. The van der Waals surface area contributed by atoms with Gasteiger partial charge in [0.1, 0.15) is 0 Å². The first-order chi connectivity index (χ1) is 12.7. The van der Waals surface area contributed by atoms with E-state index in [1.54, 1.807) is 18.2 Å². The van der Waals surface area contributed by atoms with Gasteiger partial charge >= 0.3 is 0 Å². The molecule has 2 aromatic rings. The summed E-state index contributed by atoms with van der Waals surface area (Å²) in [6, 6.07) is 11.7. The predicted octanol–water partition coefficient (Wildman–Crippen LogP) is 4.33. The molecule has 5 nitrogen and oxygen atoms in total. The van der Waals surface area contributed by atoms with Crippen molar-refractivity contribution in [2.75, 3.05) is 0 Å². The van der Waals surface area contributed by atoms with E-state index in [1.165, 1.54) is 36.4 Å². The average Bonchev–Trinajstić information content (AvgIpc) is 3.22. The Labute approximate surface area is 156 Å². The van der Waals surface area contributed by atoms with Crippen molar-refractivity contribution in [2.45, 2.75) is 29.2 Å². The van der Waals surface area contributed by atoms with Crippen LogP contribution < -0.4 is 0 Å². The molecule has 0 N–H and O–H groups in total. The largest absolute Gasteiger partial charge is 0.269 e. The lowest BCUT2D eigenvalue weighted by Crippen LogP contribution is -2.43. The smallest absolute Gasteiger partial charge is 0.258 e. The van der Waals surface area contributed by atoms with Crippen LogP contribution in [0.15, 0.2) is 65.6 Å². The Hall–Kier alpha value is -2.54. The van der Waals surface area contributed by atoms with E-state index in [0.29, 0.717) is 12.0 Å². The Morgan fingerprint density at radius 2 is 1.70 bits per heavy atom. The molecular formula is C20H18FNO4S. The van der Waals surface area contributed by atoms with Crippen molar-refractivity contribution >= 4 is 15.5 Å². The van der Waals surface area contributed by atoms with Gasteiger partial charge in [0.2, 0.25) is 14.8 Å². The maximum atomic E-state index is 16.4. The number of sulfone groups is 1. The lowest BCUT2D eigenvalue weighted by atomic mass is 9.85. The Morgan fingerprint density at radius 3 is 2.30 bits per heavy atom. The van der Waals surface area contributed by atoms with E-state index in [9.17, 15) is 18.5 Å². The SMILES string of the molecule is Cc1ccc(S(=O)(=O)[C@]2(F)[C@@H]3C=C[C@@H](C3)[C@H]2c2ccc([N+](=O)[O-])cc2)cc1. The number of nitrogens with zero attached hydrogens (tertiary/aromatic N) is 1. The first-order valence-corrected chi connectivity index (χ1v) is 10.2.